The SMILES string of the molecule is C#CCC(C(=O)O)N1C(=O)CCCCC1=O. The van der Waals surface area contributed by atoms with E-state index in [0.29, 0.717) is 12.8 Å². The van der Waals surface area contributed by atoms with E-state index in [0.717, 1.165) is 4.90 Å². The molecule has 0 spiro atoms. The lowest BCUT2D eigenvalue weighted by molar-refractivity contribution is -0.157. The van der Waals surface area contributed by atoms with Crippen LogP contribution in [0.1, 0.15) is 32.1 Å². The summed E-state index contributed by atoms with van der Waals surface area (Å²) in [5.74, 6) is 0.0670. The third-order valence-corrected chi connectivity index (χ3v) is 2.48. The smallest absolute Gasteiger partial charge is 0.327 e. The van der Waals surface area contributed by atoms with Crippen LogP contribution in [0.4, 0.5) is 0 Å². The van der Waals surface area contributed by atoms with Crippen molar-refractivity contribution in [3.63, 3.8) is 0 Å². The lowest BCUT2D eigenvalue weighted by atomic mass is 10.1. The maximum Gasteiger partial charge on any atom is 0.327 e. The summed E-state index contributed by atoms with van der Waals surface area (Å²) in [5, 5.41) is 8.94. The van der Waals surface area contributed by atoms with E-state index in [9.17, 15) is 14.4 Å². The maximum atomic E-state index is 11.6. The van der Waals surface area contributed by atoms with Crippen molar-refractivity contribution < 1.29 is 19.5 Å². The molecule has 5 heteroatoms. The van der Waals surface area contributed by atoms with E-state index < -0.39 is 23.8 Å². The van der Waals surface area contributed by atoms with Crippen LogP contribution in [0.25, 0.3) is 0 Å². The largest absolute Gasteiger partial charge is 0.480 e. The number of imide groups is 1. The predicted molar refractivity (Wildman–Crippen MR) is 55.2 cm³/mol. The minimum absolute atomic E-state index is 0.146. The molecule has 0 aromatic carbocycles. The fraction of sp³-hybridized carbons (Fsp3) is 0.545. The van der Waals surface area contributed by atoms with Crippen LogP contribution >= 0.6 is 0 Å². The first kappa shape index (κ1) is 12.2. The number of hydrogen-bond donors (Lipinski definition) is 1. The molecule has 1 saturated heterocycles. The number of carboxylic acid groups (broad SMARTS) is 1. The number of carboxylic acids is 1. The fourth-order valence-corrected chi connectivity index (χ4v) is 1.68. The molecule has 0 aromatic rings. The summed E-state index contributed by atoms with van der Waals surface area (Å²) in [7, 11) is 0. The zero-order valence-electron chi connectivity index (χ0n) is 8.81. The van der Waals surface area contributed by atoms with Crippen molar-refractivity contribution in [3.05, 3.63) is 0 Å². The van der Waals surface area contributed by atoms with Crippen LogP contribution in [0, 0.1) is 12.3 Å². The molecule has 1 aliphatic heterocycles. The van der Waals surface area contributed by atoms with Crippen LogP contribution in [-0.2, 0) is 14.4 Å². The summed E-state index contributed by atoms with van der Waals surface area (Å²) in [5.41, 5.74) is 0. The summed E-state index contributed by atoms with van der Waals surface area (Å²) in [6.07, 6.45) is 6.54. The number of hydrogen-bond acceptors (Lipinski definition) is 3. The van der Waals surface area contributed by atoms with E-state index in [1.807, 2.05) is 0 Å². The molecule has 0 radical (unpaired) electrons. The lowest BCUT2D eigenvalue weighted by Crippen LogP contribution is -2.47. The van der Waals surface area contributed by atoms with Gasteiger partial charge in [-0.3, -0.25) is 14.5 Å². The zero-order valence-corrected chi connectivity index (χ0v) is 8.81. The number of amides is 2. The van der Waals surface area contributed by atoms with Crippen molar-refractivity contribution in [2.24, 2.45) is 0 Å². The molecule has 1 rings (SSSR count). The van der Waals surface area contributed by atoms with Crippen LogP contribution in [0.3, 0.4) is 0 Å². The summed E-state index contributed by atoms with van der Waals surface area (Å²) >= 11 is 0. The van der Waals surface area contributed by atoms with Gasteiger partial charge in [-0.25, -0.2) is 4.79 Å². The number of carbonyl (C=O) groups is 3. The summed E-state index contributed by atoms with van der Waals surface area (Å²) in [4.78, 5) is 35.0. The van der Waals surface area contributed by atoms with Gasteiger partial charge in [0, 0.05) is 19.3 Å². The van der Waals surface area contributed by atoms with E-state index >= 15 is 0 Å². The Morgan fingerprint density at radius 1 is 1.38 bits per heavy atom. The van der Waals surface area contributed by atoms with Crippen LogP contribution < -0.4 is 0 Å². The van der Waals surface area contributed by atoms with Gasteiger partial charge in [0.15, 0.2) is 0 Å². The van der Waals surface area contributed by atoms with Crippen LogP contribution in [0.5, 0.6) is 0 Å². The molecule has 1 heterocycles. The van der Waals surface area contributed by atoms with Crippen LogP contribution in [0.15, 0.2) is 0 Å². The predicted octanol–water partition coefficient (Wildman–Crippen LogP) is 0.392. The zero-order chi connectivity index (χ0) is 12.1. The van der Waals surface area contributed by atoms with Gasteiger partial charge in [-0.05, 0) is 12.8 Å². The second-order valence-corrected chi connectivity index (χ2v) is 3.63. The van der Waals surface area contributed by atoms with Crippen molar-refractivity contribution in [2.75, 3.05) is 0 Å². The highest BCUT2D eigenvalue weighted by Gasteiger charge is 2.34. The molecule has 0 bridgehead atoms. The van der Waals surface area contributed by atoms with Crippen molar-refractivity contribution in [1.82, 2.24) is 4.90 Å². The Morgan fingerprint density at radius 2 is 1.88 bits per heavy atom. The molecular formula is C11H13NO4. The maximum absolute atomic E-state index is 11.6. The Balaban J connectivity index is 2.95. The first-order valence-corrected chi connectivity index (χ1v) is 5.09. The second-order valence-electron chi connectivity index (χ2n) is 3.63. The molecule has 16 heavy (non-hydrogen) atoms. The van der Waals surface area contributed by atoms with E-state index in [1.165, 1.54) is 0 Å². The molecule has 1 unspecified atom stereocenters. The van der Waals surface area contributed by atoms with Gasteiger partial charge < -0.3 is 5.11 Å². The Hall–Kier alpha value is -1.83. The molecule has 86 valence electrons. The van der Waals surface area contributed by atoms with Gasteiger partial charge in [0.05, 0.1) is 0 Å². The van der Waals surface area contributed by atoms with Crippen molar-refractivity contribution in [1.29, 1.82) is 0 Å². The van der Waals surface area contributed by atoms with Gasteiger partial charge in [0.1, 0.15) is 6.04 Å². The molecule has 0 aliphatic carbocycles. The van der Waals surface area contributed by atoms with Crippen LogP contribution in [0.2, 0.25) is 0 Å². The molecule has 0 aromatic heterocycles. The highest BCUT2D eigenvalue weighted by atomic mass is 16.4. The highest BCUT2D eigenvalue weighted by molar-refractivity contribution is 5.99. The van der Waals surface area contributed by atoms with Gasteiger partial charge >= 0.3 is 5.97 Å². The molecule has 0 saturated carbocycles. The number of carbonyl (C=O) groups excluding carboxylic acids is 2. The van der Waals surface area contributed by atoms with Gasteiger partial charge in [-0.15, -0.1) is 12.3 Å². The number of likely N-dealkylation sites (tertiary alicyclic amines) is 1. The molecule has 1 fully saturated rings. The summed E-state index contributed by atoms with van der Waals surface area (Å²) in [6, 6.07) is -1.22. The molecule has 5 nitrogen and oxygen atoms in total. The Bertz CT molecular complexity index is 337. The number of rotatable bonds is 3. The molecule has 1 N–H and O–H groups in total. The third kappa shape index (κ3) is 2.60. The molecule has 1 aliphatic rings. The standard InChI is InChI=1S/C11H13NO4/c1-2-5-8(11(15)16)12-9(13)6-3-4-7-10(12)14/h1,8H,3-7H2,(H,15,16). The molecule has 2 amide bonds. The topological polar surface area (TPSA) is 74.7 Å². The van der Waals surface area contributed by atoms with Crippen molar-refractivity contribution in [3.8, 4) is 12.3 Å². The normalized spacial score (nSPS) is 18.8. The van der Waals surface area contributed by atoms with E-state index in [1.54, 1.807) is 0 Å². The number of terminal acetylenes is 1. The average Bonchev–Trinajstić information content (AvgIpc) is 2.37. The monoisotopic (exact) mass is 223 g/mol. The number of nitrogens with zero attached hydrogens (tertiary/aromatic N) is 1. The minimum atomic E-state index is -1.23. The van der Waals surface area contributed by atoms with Gasteiger partial charge in [-0.2, -0.15) is 0 Å². The third-order valence-electron chi connectivity index (χ3n) is 2.48. The van der Waals surface area contributed by atoms with Gasteiger partial charge in [0.25, 0.3) is 0 Å². The summed E-state index contributed by atoms with van der Waals surface area (Å²) < 4.78 is 0. The van der Waals surface area contributed by atoms with E-state index in [4.69, 9.17) is 11.5 Å². The summed E-state index contributed by atoms with van der Waals surface area (Å²) in [6.45, 7) is 0. The quantitative estimate of drug-likeness (QED) is 0.555. The molecular weight excluding hydrogens is 210 g/mol. The number of aliphatic carboxylic acids is 1. The Morgan fingerprint density at radius 3 is 2.25 bits per heavy atom. The molecule has 1 atom stereocenters. The lowest BCUT2D eigenvalue weighted by Gasteiger charge is -2.24. The van der Waals surface area contributed by atoms with Gasteiger partial charge in [-0.1, -0.05) is 0 Å². The van der Waals surface area contributed by atoms with E-state index in [2.05, 4.69) is 5.92 Å². The second kappa shape index (κ2) is 5.31. The van der Waals surface area contributed by atoms with Gasteiger partial charge in [0.2, 0.25) is 11.8 Å². The Kier molecular flexibility index (Phi) is 4.06. The Labute approximate surface area is 93.4 Å². The highest BCUT2D eigenvalue weighted by Crippen LogP contribution is 2.17. The fourth-order valence-electron chi connectivity index (χ4n) is 1.68. The van der Waals surface area contributed by atoms with Crippen molar-refractivity contribution in [2.45, 2.75) is 38.1 Å². The first-order chi connectivity index (χ1) is 7.57. The van der Waals surface area contributed by atoms with E-state index in [-0.39, 0.29) is 19.3 Å². The van der Waals surface area contributed by atoms with Crippen LogP contribution in [-0.4, -0.2) is 33.8 Å². The average molecular weight is 223 g/mol. The van der Waals surface area contributed by atoms with Crippen molar-refractivity contribution >= 4 is 17.8 Å². The first-order valence-electron chi connectivity index (χ1n) is 5.09. The minimum Gasteiger partial charge on any atom is -0.480 e.